The molecule has 15 heteroatoms. The number of nitrogens with one attached hydrogen (secondary N) is 5. The van der Waals surface area contributed by atoms with E-state index >= 15 is 0 Å². The van der Waals surface area contributed by atoms with Crippen molar-refractivity contribution in [3.8, 4) is 10.4 Å². The number of thioether (sulfide) groups is 1. The fourth-order valence-electron chi connectivity index (χ4n) is 5.27. The molecule has 1 unspecified atom stereocenters. The van der Waals surface area contributed by atoms with Gasteiger partial charge in [-0.2, -0.15) is 11.8 Å². The molecule has 0 aliphatic carbocycles. The zero-order chi connectivity index (χ0) is 33.4. The lowest BCUT2D eigenvalue weighted by Gasteiger charge is -2.35. The van der Waals surface area contributed by atoms with E-state index in [1.807, 2.05) is 39.8 Å². The van der Waals surface area contributed by atoms with Gasteiger partial charge in [0.2, 0.25) is 35.4 Å². The summed E-state index contributed by atoms with van der Waals surface area (Å²) in [6.07, 6.45) is 0.968. The normalized spacial score (nSPS) is 23.3. The SMILES string of the molecule is Cc1ncsc1-c1ccc([C@H]2NC(=O)[C@@H]3CCCN3C(=O)C(C(C)(C)C)NC(=O)CSCCNC(=O)CNC(=O)CNC2=O)cc1. The molecule has 3 atom stereocenters. The molecule has 248 valence electrons. The second-order valence-corrected chi connectivity index (χ2v) is 14.2. The van der Waals surface area contributed by atoms with E-state index in [1.54, 1.807) is 17.6 Å². The summed E-state index contributed by atoms with van der Waals surface area (Å²) in [5.74, 6) is -2.34. The van der Waals surface area contributed by atoms with Crippen molar-refractivity contribution in [2.24, 2.45) is 5.41 Å². The first kappa shape index (κ1) is 34.9. The Labute approximate surface area is 276 Å². The van der Waals surface area contributed by atoms with E-state index in [2.05, 4.69) is 31.6 Å². The molecule has 2 aromatic rings. The summed E-state index contributed by atoms with van der Waals surface area (Å²) in [4.78, 5) is 85.4. The zero-order valence-electron chi connectivity index (χ0n) is 26.4. The highest BCUT2D eigenvalue weighted by Crippen LogP contribution is 2.29. The predicted molar refractivity (Wildman–Crippen MR) is 176 cm³/mol. The average Bonchev–Trinajstić information content (AvgIpc) is 3.68. The number of carbonyl (C=O) groups is 6. The molecule has 1 aromatic carbocycles. The van der Waals surface area contributed by atoms with E-state index in [-0.39, 0.29) is 30.7 Å². The highest BCUT2D eigenvalue weighted by molar-refractivity contribution is 7.99. The molecule has 46 heavy (non-hydrogen) atoms. The standard InChI is InChI=1S/C31H41N7O6S2/c1-18-26(46-17-35-18)20-9-7-19(8-10-20)25-29(43)34-15-23(40)33-14-22(39)32-11-13-45-16-24(41)36-27(31(2,3)4)30(44)38-12-5-6-21(38)28(42)37-25/h7-10,17,21,25,27H,5-6,11-16H2,1-4H3,(H,32,39)(H,33,40)(H,34,43)(H,36,41)(H,37,42)/t21-,25+,27?/m0/s1. The summed E-state index contributed by atoms with van der Waals surface area (Å²) in [6.45, 7) is 7.34. The van der Waals surface area contributed by atoms with Gasteiger partial charge in [0, 0.05) is 18.8 Å². The maximum Gasteiger partial charge on any atom is 0.247 e. The number of rotatable bonds is 2. The third-order valence-corrected chi connectivity index (χ3v) is 9.67. The Hall–Kier alpha value is -3.98. The molecule has 0 bridgehead atoms. The lowest BCUT2D eigenvalue weighted by molar-refractivity contribution is -0.144. The fraction of sp³-hybridized carbons (Fsp3) is 0.516. The third kappa shape index (κ3) is 9.06. The molecule has 1 aromatic heterocycles. The maximum atomic E-state index is 13.9. The van der Waals surface area contributed by atoms with Crippen LogP contribution in [-0.4, -0.2) is 95.1 Å². The van der Waals surface area contributed by atoms with Gasteiger partial charge in [-0.15, -0.1) is 11.3 Å². The van der Waals surface area contributed by atoms with Crippen molar-refractivity contribution in [2.75, 3.05) is 37.7 Å². The Balaban J connectivity index is 1.62. The summed E-state index contributed by atoms with van der Waals surface area (Å²) >= 11 is 2.78. The van der Waals surface area contributed by atoms with Crippen molar-refractivity contribution in [1.82, 2.24) is 36.5 Å². The van der Waals surface area contributed by atoms with Gasteiger partial charge >= 0.3 is 0 Å². The molecule has 13 nitrogen and oxygen atoms in total. The number of amides is 6. The maximum absolute atomic E-state index is 13.9. The zero-order valence-corrected chi connectivity index (χ0v) is 28.1. The minimum absolute atomic E-state index is 0.0766. The lowest BCUT2D eigenvalue weighted by atomic mass is 9.85. The van der Waals surface area contributed by atoms with Crippen LogP contribution in [0.15, 0.2) is 29.8 Å². The smallest absolute Gasteiger partial charge is 0.247 e. The Bertz CT molecular complexity index is 1460. The number of fused-ring (bicyclic) bond motifs is 1. The van der Waals surface area contributed by atoms with E-state index in [4.69, 9.17) is 0 Å². The van der Waals surface area contributed by atoms with Gasteiger partial charge in [-0.05, 0) is 36.3 Å². The predicted octanol–water partition coefficient (Wildman–Crippen LogP) is 0.893. The van der Waals surface area contributed by atoms with Gasteiger partial charge in [0.1, 0.15) is 18.1 Å². The van der Waals surface area contributed by atoms with E-state index in [0.29, 0.717) is 30.7 Å². The molecule has 0 spiro atoms. The highest BCUT2D eigenvalue weighted by atomic mass is 32.2. The van der Waals surface area contributed by atoms with E-state index in [0.717, 1.165) is 16.1 Å². The van der Waals surface area contributed by atoms with Gasteiger partial charge in [0.05, 0.1) is 34.9 Å². The van der Waals surface area contributed by atoms with Crippen LogP contribution in [0.3, 0.4) is 0 Å². The van der Waals surface area contributed by atoms with Crippen LogP contribution in [-0.2, 0) is 28.8 Å². The van der Waals surface area contributed by atoms with Gasteiger partial charge in [0.15, 0.2) is 0 Å². The summed E-state index contributed by atoms with van der Waals surface area (Å²) in [7, 11) is 0. The van der Waals surface area contributed by atoms with E-state index in [1.165, 1.54) is 28.0 Å². The minimum atomic E-state index is -1.18. The molecule has 2 aliphatic heterocycles. The summed E-state index contributed by atoms with van der Waals surface area (Å²) in [5, 5.41) is 13.4. The number of thiazole rings is 1. The number of aromatic nitrogens is 1. The van der Waals surface area contributed by atoms with Gasteiger partial charge in [0.25, 0.3) is 0 Å². The number of benzene rings is 1. The molecule has 4 rings (SSSR count). The molecular formula is C31H41N7O6S2. The molecule has 0 saturated carbocycles. The number of aryl methyl sites for hydroxylation is 1. The first-order chi connectivity index (χ1) is 21.8. The van der Waals surface area contributed by atoms with Crippen molar-refractivity contribution < 1.29 is 28.8 Å². The largest absolute Gasteiger partial charge is 0.354 e. The van der Waals surface area contributed by atoms with E-state index in [9.17, 15) is 28.8 Å². The molecule has 2 saturated heterocycles. The van der Waals surface area contributed by atoms with Gasteiger partial charge in [-0.1, -0.05) is 45.0 Å². The monoisotopic (exact) mass is 671 g/mol. The van der Waals surface area contributed by atoms with Crippen molar-refractivity contribution in [2.45, 2.75) is 58.7 Å². The number of hydrogen-bond donors (Lipinski definition) is 5. The van der Waals surface area contributed by atoms with Crippen LogP contribution in [0.25, 0.3) is 10.4 Å². The summed E-state index contributed by atoms with van der Waals surface area (Å²) < 4.78 is 0. The molecular weight excluding hydrogens is 631 g/mol. The molecule has 6 amide bonds. The summed E-state index contributed by atoms with van der Waals surface area (Å²) in [5.41, 5.74) is 3.35. The first-order valence-corrected chi connectivity index (χ1v) is 17.2. The number of hydrogen-bond acceptors (Lipinski definition) is 9. The van der Waals surface area contributed by atoms with Gasteiger partial charge < -0.3 is 31.5 Å². The lowest BCUT2D eigenvalue weighted by Crippen LogP contribution is -2.58. The van der Waals surface area contributed by atoms with Crippen molar-refractivity contribution in [3.63, 3.8) is 0 Å². The van der Waals surface area contributed by atoms with Crippen LogP contribution in [0, 0.1) is 12.3 Å². The third-order valence-electron chi connectivity index (χ3n) is 7.73. The second-order valence-electron chi connectivity index (χ2n) is 12.3. The van der Waals surface area contributed by atoms with Gasteiger partial charge in [-0.25, -0.2) is 4.98 Å². The average molecular weight is 672 g/mol. The van der Waals surface area contributed by atoms with Crippen LogP contribution in [0.1, 0.15) is 50.9 Å². The van der Waals surface area contributed by atoms with Crippen molar-refractivity contribution in [3.05, 3.63) is 41.0 Å². The molecule has 5 N–H and O–H groups in total. The minimum Gasteiger partial charge on any atom is -0.354 e. The Morgan fingerprint density at radius 3 is 2.24 bits per heavy atom. The van der Waals surface area contributed by atoms with Crippen LogP contribution in [0.2, 0.25) is 0 Å². The number of nitrogens with zero attached hydrogens (tertiary/aromatic N) is 2. The second kappa shape index (κ2) is 15.5. The Kier molecular flexibility index (Phi) is 11.8. The van der Waals surface area contributed by atoms with Crippen LogP contribution >= 0.6 is 23.1 Å². The van der Waals surface area contributed by atoms with Crippen molar-refractivity contribution in [1.29, 1.82) is 0 Å². The fourth-order valence-corrected chi connectivity index (χ4v) is 6.74. The Morgan fingerprint density at radius 2 is 1.57 bits per heavy atom. The summed E-state index contributed by atoms with van der Waals surface area (Å²) in [6, 6.07) is 4.20. The van der Waals surface area contributed by atoms with E-state index < -0.39 is 53.7 Å². The molecule has 2 fully saturated rings. The first-order valence-electron chi connectivity index (χ1n) is 15.1. The van der Waals surface area contributed by atoms with Gasteiger partial charge in [-0.3, -0.25) is 28.8 Å². The van der Waals surface area contributed by atoms with Crippen LogP contribution < -0.4 is 26.6 Å². The Morgan fingerprint density at radius 1 is 0.870 bits per heavy atom. The quantitative estimate of drug-likeness (QED) is 0.313. The van der Waals surface area contributed by atoms with Crippen LogP contribution in [0.5, 0.6) is 0 Å². The van der Waals surface area contributed by atoms with Crippen molar-refractivity contribution >= 4 is 58.5 Å². The number of carbonyl (C=O) groups excluding carboxylic acids is 6. The molecule has 3 heterocycles. The highest BCUT2D eigenvalue weighted by Gasteiger charge is 2.42. The topological polar surface area (TPSA) is 179 Å². The van der Waals surface area contributed by atoms with Crippen LogP contribution in [0.4, 0.5) is 0 Å². The molecule has 2 aliphatic rings. The molecule has 0 radical (unpaired) electrons.